The number of carbonyl (C=O) groups is 2. The molecule has 0 spiro atoms. The highest BCUT2D eigenvalue weighted by atomic mass is 16.4. The number of nitrogens with one attached hydrogen (secondary N) is 2. The lowest BCUT2D eigenvalue weighted by atomic mass is 9.84. The molecule has 2 aliphatic carbocycles. The van der Waals surface area contributed by atoms with Gasteiger partial charge in [-0.1, -0.05) is 0 Å². The second-order valence-corrected chi connectivity index (χ2v) is 7.26. The molecule has 0 aliphatic heterocycles. The molecule has 0 radical (unpaired) electrons. The smallest absolute Gasteiger partial charge is 0.315 e. The van der Waals surface area contributed by atoms with E-state index in [4.69, 9.17) is 0 Å². The molecule has 120 valence electrons. The van der Waals surface area contributed by atoms with E-state index in [9.17, 15) is 14.7 Å². The predicted molar refractivity (Wildman–Crippen MR) is 80.0 cm³/mol. The first-order chi connectivity index (χ1) is 9.72. The van der Waals surface area contributed by atoms with E-state index < -0.39 is 11.9 Å². The lowest BCUT2D eigenvalue weighted by molar-refractivity contribution is -0.144. The topological polar surface area (TPSA) is 81.7 Å². The third-order valence-corrected chi connectivity index (χ3v) is 5.39. The summed E-state index contributed by atoms with van der Waals surface area (Å²) in [6.45, 7) is 4.61. The van der Waals surface area contributed by atoms with E-state index in [1.165, 1.54) is 0 Å². The molecule has 6 heteroatoms. The monoisotopic (exact) mass is 297 g/mol. The van der Waals surface area contributed by atoms with Gasteiger partial charge < -0.3 is 20.6 Å². The van der Waals surface area contributed by atoms with Gasteiger partial charge in [-0.15, -0.1) is 0 Å². The number of urea groups is 1. The molecule has 2 bridgehead atoms. The minimum Gasteiger partial charge on any atom is -0.481 e. The number of amides is 2. The highest BCUT2D eigenvalue weighted by Crippen LogP contribution is 2.48. The van der Waals surface area contributed by atoms with Crippen LogP contribution in [0.2, 0.25) is 0 Å². The second-order valence-electron chi connectivity index (χ2n) is 7.26. The fourth-order valence-corrected chi connectivity index (χ4v) is 3.51. The van der Waals surface area contributed by atoms with Crippen molar-refractivity contribution in [1.82, 2.24) is 15.5 Å². The molecule has 3 N–H and O–H groups in total. The average molecular weight is 297 g/mol. The van der Waals surface area contributed by atoms with Gasteiger partial charge in [0.05, 0.1) is 5.92 Å². The first kappa shape index (κ1) is 16.1. The molecular weight excluding hydrogens is 270 g/mol. The van der Waals surface area contributed by atoms with Gasteiger partial charge in [-0.25, -0.2) is 4.79 Å². The molecule has 2 saturated carbocycles. The molecule has 2 fully saturated rings. The Bertz CT molecular complexity index is 422. The van der Waals surface area contributed by atoms with Gasteiger partial charge >= 0.3 is 12.0 Å². The van der Waals surface area contributed by atoms with E-state index in [1.54, 1.807) is 0 Å². The molecule has 6 nitrogen and oxygen atoms in total. The number of carboxylic acid groups (broad SMARTS) is 1. The molecule has 0 aromatic rings. The van der Waals surface area contributed by atoms with Gasteiger partial charge in [0.1, 0.15) is 0 Å². The zero-order valence-electron chi connectivity index (χ0n) is 13.3. The van der Waals surface area contributed by atoms with Crippen molar-refractivity contribution in [1.29, 1.82) is 0 Å². The van der Waals surface area contributed by atoms with Crippen molar-refractivity contribution >= 4 is 12.0 Å². The van der Waals surface area contributed by atoms with E-state index in [-0.39, 0.29) is 23.5 Å². The largest absolute Gasteiger partial charge is 0.481 e. The molecule has 0 saturated heterocycles. The molecule has 21 heavy (non-hydrogen) atoms. The van der Waals surface area contributed by atoms with Gasteiger partial charge in [-0.05, 0) is 59.0 Å². The van der Waals surface area contributed by atoms with Crippen molar-refractivity contribution in [3.63, 3.8) is 0 Å². The van der Waals surface area contributed by atoms with Crippen LogP contribution in [0.25, 0.3) is 0 Å². The van der Waals surface area contributed by atoms with Gasteiger partial charge in [0.15, 0.2) is 0 Å². The molecule has 2 aliphatic rings. The Hall–Kier alpha value is -1.30. The number of fused-ring (bicyclic) bond motifs is 2. The Balaban J connectivity index is 1.89. The Kier molecular flexibility index (Phi) is 4.46. The number of likely N-dealkylation sites (N-methyl/N-ethyl adjacent to an activating group) is 1. The maximum Gasteiger partial charge on any atom is 0.315 e. The van der Waals surface area contributed by atoms with Crippen molar-refractivity contribution in [2.75, 3.05) is 20.6 Å². The quantitative estimate of drug-likeness (QED) is 0.710. The fourth-order valence-electron chi connectivity index (χ4n) is 3.51. The van der Waals surface area contributed by atoms with Crippen LogP contribution >= 0.6 is 0 Å². The normalized spacial score (nSPS) is 31.5. The van der Waals surface area contributed by atoms with Crippen LogP contribution in [-0.2, 0) is 4.79 Å². The number of hydrogen-bond donors (Lipinski definition) is 3. The zero-order chi connectivity index (χ0) is 15.8. The summed E-state index contributed by atoms with van der Waals surface area (Å²) in [5.41, 5.74) is -0.141. The molecule has 0 aromatic heterocycles. The Morgan fingerprint density at radius 1 is 1.24 bits per heavy atom. The maximum atomic E-state index is 12.1. The molecular formula is C15H27N3O3. The van der Waals surface area contributed by atoms with Crippen molar-refractivity contribution in [2.24, 2.45) is 17.8 Å². The van der Waals surface area contributed by atoms with Gasteiger partial charge in [0, 0.05) is 18.1 Å². The van der Waals surface area contributed by atoms with Gasteiger partial charge in [-0.3, -0.25) is 4.79 Å². The maximum absolute atomic E-state index is 12.1. The van der Waals surface area contributed by atoms with Crippen molar-refractivity contribution in [3.05, 3.63) is 0 Å². The lowest BCUT2D eigenvalue weighted by Gasteiger charge is -2.33. The fraction of sp³-hybridized carbons (Fsp3) is 0.867. The third kappa shape index (κ3) is 3.31. The van der Waals surface area contributed by atoms with Crippen LogP contribution < -0.4 is 10.6 Å². The Morgan fingerprint density at radius 2 is 1.86 bits per heavy atom. The molecule has 4 unspecified atom stereocenters. The van der Waals surface area contributed by atoms with E-state index in [0.717, 1.165) is 19.3 Å². The lowest BCUT2D eigenvalue weighted by Crippen LogP contribution is -2.54. The standard InChI is InChI=1S/C15H27N3O3/c1-15(2,18(3)4)8-16-14(21)17-12-10-6-5-9(7-10)11(12)13(19)20/h9-12H,5-8H2,1-4H3,(H,19,20)(H2,16,17,21). The minimum atomic E-state index is -0.777. The van der Waals surface area contributed by atoms with Crippen LogP contribution in [0, 0.1) is 17.8 Å². The number of rotatable bonds is 5. The summed E-state index contributed by atoms with van der Waals surface area (Å²) < 4.78 is 0. The number of carboxylic acids is 1. The van der Waals surface area contributed by atoms with Crippen molar-refractivity contribution in [3.8, 4) is 0 Å². The van der Waals surface area contributed by atoms with E-state index in [2.05, 4.69) is 10.6 Å². The highest BCUT2D eigenvalue weighted by Gasteiger charge is 2.51. The number of aliphatic carboxylic acids is 1. The number of carbonyl (C=O) groups excluding carboxylic acids is 1. The molecule has 2 rings (SSSR count). The van der Waals surface area contributed by atoms with Crippen molar-refractivity contribution in [2.45, 2.75) is 44.7 Å². The van der Waals surface area contributed by atoms with E-state index in [1.807, 2.05) is 32.8 Å². The summed E-state index contributed by atoms with van der Waals surface area (Å²) in [5, 5.41) is 15.1. The predicted octanol–water partition coefficient (Wildman–Crippen LogP) is 1.13. The highest BCUT2D eigenvalue weighted by molar-refractivity contribution is 5.77. The zero-order valence-corrected chi connectivity index (χ0v) is 13.3. The third-order valence-electron chi connectivity index (χ3n) is 5.39. The van der Waals surface area contributed by atoms with Crippen LogP contribution in [0.5, 0.6) is 0 Å². The Labute approximate surface area is 126 Å². The first-order valence-corrected chi connectivity index (χ1v) is 7.67. The minimum absolute atomic E-state index is 0.141. The van der Waals surface area contributed by atoms with Crippen LogP contribution in [0.4, 0.5) is 4.79 Å². The van der Waals surface area contributed by atoms with E-state index >= 15 is 0 Å². The van der Waals surface area contributed by atoms with Crippen LogP contribution in [0.1, 0.15) is 33.1 Å². The van der Waals surface area contributed by atoms with Gasteiger partial charge in [0.25, 0.3) is 0 Å². The molecule has 0 aromatic carbocycles. The first-order valence-electron chi connectivity index (χ1n) is 7.67. The van der Waals surface area contributed by atoms with E-state index in [0.29, 0.717) is 12.5 Å². The van der Waals surface area contributed by atoms with Crippen molar-refractivity contribution < 1.29 is 14.7 Å². The van der Waals surface area contributed by atoms with Crippen LogP contribution in [-0.4, -0.2) is 54.2 Å². The Morgan fingerprint density at radius 3 is 2.43 bits per heavy atom. The van der Waals surface area contributed by atoms with Gasteiger partial charge in [-0.2, -0.15) is 0 Å². The van der Waals surface area contributed by atoms with Crippen LogP contribution in [0.15, 0.2) is 0 Å². The summed E-state index contributed by atoms with van der Waals surface area (Å²) in [5.74, 6) is -0.641. The molecule has 2 amide bonds. The molecule has 4 atom stereocenters. The summed E-state index contributed by atoms with van der Waals surface area (Å²) in [6.07, 6.45) is 2.95. The number of hydrogen-bond acceptors (Lipinski definition) is 3. The summed E-state index contributed by atoms with van der Waals surface area (Å²) >= 11 is 0. The summed E-state index contributed by atoms with van der Waals surface area (Å²) in [7, 11) is 3.94. The average Bonchev–Trinajstić information content (AvgIpc) is 2.96. The second kappa shape index (κ2) is 5.83. The number of nitrogens with zero attached hydrogens (tertiary/aromatic N) is 1. The molecule has 0 heterocycles. The SMILES string of the molecule is CN(C)C(C)(C)CNC(=O)NC1C2CCC(C2)C1C(=O)O. The van der Waals surface area contributed by atoms with Crippen LogP contribution in [0.3, 0.4) is 0 Å². The summed E-state index contributed by atoms with van der Waals surface area (Å²) in [6, 6.07) is -0.475. The van der Waals surface area contributed by atoms with Gasteiger partial charge in [0.2, 0.25) is 0 Å². The summed E-state index contributed by atoms with van der Waals surface area (Å²) in [4.78, 5) is 25.5.